The topological polar surface area (TPSA) is 106 Å². The Hall–Kier alpha value is -4.46. The Morgan fingerprint density at radius 2 is 1.84 bits per heavy atom. The van der Waals surface area contributed by atoms with Gasteiger partial charge in [0.2, 0.25) is 0 Å². The fourth-order valence-corrected chi connectivity index (χ4v) is 4.37. The van der Waals surface area contributed by atoms with E-state index in [1.54, 1.807) is 94.9 Å². The minimum Gasteiger partial charge on any atom is -0.507 e. The maximum Gasteiger partial charge on any atom is 0.310 e. The smallest absolute Gasteiger partial charge is 0.310 e. The molecule has 0 bridgehead atoms. The number of carbonyl (C=O) groups is 3. The molecule has 2 aromatic carbocycles. The number of methoxy groups -OCH3 is 1. The van der Waals surface area contributed by atoms with Crippen molar-refractivity contribution in [2.45, 2.75) is 39.3 Å². The molecule has 1 atom stereocenters. The fourth-order valence-electron chi connectivity index (χ4n) is 4.37. The highest BCUT2D eigenvalue weighted by molar-refractivity contribution is 6.51. The Kier molecular flexibility index (Phi) is 7.38. The number of Topliss-reactive ketones (excluding diaryl/α,β-unsaturated/α-hetero) is 1. The molecule has 0 radical (unpaired) electrons. The van der Waals surface area contributed by atoms with Crippen molar-refractivity contribution in [3.8, 4) is 5.75 Å². The molecule has 190 valence electrons. The monoisotopic (exact) mass is 500 g/mol. The first-order valence-corrected chi connectivity index (χ1v) is 11.9. The molecule has 3 aromatic rings. The van der Waals surface area contributed by atoms with Crippen molar-refractivity contribution >= 4 is 29.1 Å². The van der Waals surface area contributed by atoms with Crippen LogP contribution in [0.3, 0.4) is 0 Å². The van der Waals surface area contributed by atoms with E-state index in [1.807, 2.05) is 0 Å². The number of amides is 1. The van der Waals surface area contributed by atoms with Crippen molar-refractivity contribution in [3.63, 3.8) is 0 Å². The van der Waals surface area contributed by atoms with Crippen molar-refractivity contribution in [1.29, 1.82) is 0 Å². The number of hydrogen-bond donors (Lipinski definition) is 1. The highest BCUT2D eigenvalue weighted by Gasteiger charge is 2.47. The van der Waals surface area contributed by atoms with Gasteiger partial charge in [-0.15, -0.1) is 0 Å². The predicted molar refractivity (Wildman–Crippen MR) is 138 cm³/mol. The molecule has 1 aliphatic rings. The molecule has 37 heavy (non-hydrogen) atoms. The Bertz CT molecular complexity index is 1360. The Balaban J connectivity index is 1.78. The van der Waals surface area contributed by atoms with Crippen molar-refractivity contribution in [3.05, 3.63) is 94.8 Å². The Morgan fingerprint density at radius 1 is 1.11 bits per heavy atom. The first kappa shape index (κ1) is 25.6. The molecule has 8 heteroatoms. The number of ketones is 1. The summed E-state index contributed by atoms with van der Waals surface area (Å²) in [7, 11) is 1.54. The van der Waals surface area contributed by atoms with Crippen molar-refractivity contribution in [2.24, 2.45) is 0 Å². The maximum atomic E-state index is 13.3. The summed E-state index contributed by atoms with van der Waals surface area (Å²) in [5, 5.41) is 11.3. The van der Waals surface area contributed by atoms with E-state index < -0.39 is 17.7 Å². The molecule has 1 aromatic heterocycles. The van der Waals surface area contributed by atoms with Gasteiger partial charge >= 0.3 is 5.97 Å². The molecule has 8 nitrogen and oxygen atoms in total. The molecule has 0 aliphatic carbocycles. The number of esters is 1. The number of pyridine rings is 1. The largest absolute Gasteiger partial charge is 0.507 e. The van der Waals surface area contributed by atoms with Gasteiger partial charge in [0.05, 0.1) is 31.2 Å². The lowest BCUT2D eigenvalue weighted by atomic mass is 9.94. The van der Waals surface area contributed by atoms with E-state index in [4.69, 9.17) is 9.47 Å². The highest BCUT2D eigenvalue weighted by atomic mass is 16.5. The van der Waals surface area contributed by atoms with E-state index >= 15 is 0 Å². The number of rotatable bonds is 7. The number of carbonyl (C=O) groups excluding carboxylic acids is 3. The predicted octanol–water partition coefficient (Wildman–Crippen LogP) is 4.52. The zero-order chi connectivity index (χ0) is 26.7. The molecule has 0 saturated carbocycles. The Morgan fingerprint density at radius 3 is 2.43 bits per heavy atom. The van der Waals surface area contributed by atoms with E-state index in [9.17, 15) is 19.5 Å². The van der Waals surface area contributed by atoms with Crippen LogP contribution >= 0.6 is 0 Å². The van der Waals surface area contributed by atoms with Crippen LogP contribution in [-0.4, -0.2) is 41.0 Å². The molecular formula is C29H28N2O6. The average molecular weight is 501 g/mol. The number of benzene rings is 2. The van der Waals surface area contributed by atoms with E-state index in [1.165, 1.54) is 4.90 Å². The third kappa shape index (κ3) is 5.23. The summed E-state index contributed by atoms with van der Waals surface area (Å²) in [5.41, 5.74) is 2.80. The summed E-state index contributed by atoms with van der Waals surface area (Å²) in [4.78, 5) is 44.2. The van der Waals surface area contributed by atoms with E-state index in [2.05, 4.69) is 4.98 Å². The van der Waals surface area contributed by atoms with E-state index in [0.29, 0.717) is 33.7 Å². The minimum atomic E-state index is -0.896. The highest BCUT2D eigenvalue weighted by Crippen LogP contribution is 2.42. The second-order valence-electron chi connectivity index (χ2n) is 9.02. The van der Waals surface area contributed by atoms with E-state index in [-0.39, 0.29) is 29.8 Å². The summed E-state index contributed by atoms with van der Waals surface area (Å²) < 4.78 is 10.4. The second-order valence-corrected chi connectivity index (χ2v) is 9.02. The number of aryl methyl sites for hydroxylation is 1. The normalized spacial score (nSPS) is 16.8. The summed E-state index contributed by atoms with van der Waals surface area (Å²) in [6, 6.07) is 14.4. The first-order chi connectivity index (χ1) is 17.7. The van der Waals surface area contributed by atoms with Crippen LogP contribution in [-0.2, 0) is 25.5 Å². The minimum absolute atomic E-state index is 0.0316. The third-order valence-corrected chi connectivity index (χ3v) is 6.06. The van der Waals surface area contributed by atoms with Gasteiger partial charge in [-0.2, -0.15) is 0 Å². The van der Waals surface area contributed by atoms with Gasteiger partial charge in [-0.3, -0.25) is 24.3 Å². The van der Waals surface area contributed by atoms with Crippen molar-refractivity contribution in [2.75, 3.05) is 12.0 Å². The number of aliphatic hydroxyl groups is 1. The molecule has 1 amide bonds. The molecule has 1 unspecified atom stereocenters. The van der Waals surface area contributed by atoms with Crippen molar-refractivity contribution < 1.29 is 29.0 Å². The van der Waals surface area contributed by atoms with Crippen LogP contribution in [0.5, 0.6) is 5.75 Å². The van der Waals surface area contributed by atoms with Gasteiger partial charge in [-0.05, 0) is 73.9 Å². The lowest BCUT2D eigenvalue weighted by molar-refractivity contribution is -0.146. The zero-order valence-electron chi connectivity index (χ0n) is 21.1. The number of aromatic nitrogens is 1. The quantitative estimate of drug-likeness (QED) is 0.220. The van der Waals surface area contributed by atoms with Crippen LogP contribution < -0.4 is 9.64 Å². The molecular weight excluding hydrogens is 472 g/mol. The third-order valence-electron chi connectivity index (χ3n) is 6.06. The number of anilines is 1. The second kappa shape index (κ2) is 10.7. The lowest BCUT2D eigenvalue weighted by Crippen LogP contribution is -2.29. The van der Waals surface area contributed by atoms with Crippen LogP contribution in [0.4, 0.5) is 5.69 Å². The van der Waals surface area contributed by atoms with Crippen LogP contribution in [0.25, 0.3) is 5.76 Å². The van der Waals surface area contributed by atoms with Gasteiger partial charge in [0.15, 0.2) is 0 Å². The number of aliphatic hydroxyl groups excluding tert-OH is 1. The van der Waals surface area contributed by atoms with Gasteiger partial charge in [0, 0.05) is 23.6 Å². The number of hydrogen-bond acceptors (Lipinski definition) is 7. The molecule has 1 aliphatic heterocycles. The van der Waals surface area contributed by atoms with Gasteiger partial charge in [-0.1, -0.05) is 18.2 Å². The fraction of sp³-hybridized carbons (Fsp3) is 0.241. The molecule has 1 N–H and O–H groups in total. The van der Waals surface area contributed by atoms with Gasteiger partial charge in [0.25, 0.3) is 11.7 Å². The molecule has 1 saturated heterocycles. The van der Waals surface area contributed by atoms with Crippen LogP contribution in [0, 0.1) is 6.92 Å². The summed E-state index contributed by atoms with van der Waals surface area (Å²) >= 11 is 0. The summed E-state index contributed by atoms with van der Waals surface area (Å²) in [6.07, 6.45) is 3.02. The maximum absolute atomic E-state index is 13.3. The van der Waals surface area contributed by atoms with Crippen molar-refractivity contribution in [1.82, 2.24) is 4.98 Å². The van der Waals surface area contributed by atoms with E-state index in [0.717, 1.165) is 0 Å². The number of ether oxygens (including phenoxy) is 2. The average Bonchev–Trinajstić information content (AvgIpc) is 3.14. The first-order valence-electron chi connectivity index (χ1n) is 11.9. The van der Waals surface area contributed by atoms with Gasteiger partial charge in [-0.25, -0.2) is 0 Å². The number of nitrogens with zero attached hydrogens (tertiary/aromatic N) is 2. The SMILES string of the molecule is COc1ccc(/C(O)=C2/C(=O)C(=O)N(c3ccc(CC(=O)OC(C)C)cc3)C2c2cccnc2)c(C)c1. The van der Waals surface area contributed by atoms with Gasteiger partial charge < -0.3 is 14.6 Å². The lowest BCUT2D eigenvalue weighted by Gasteiger charge is -2.25. The standard InChI is InChI=1S/C29H28N2O6/c1-17(2)37-24(32)15-19-7-9-21(10-8-19)31-26(20-6-5-13-30-16-20)25(28(34)29(31)35)27(33)23-12-11-22(36-4)14-18(23)3/h5-14,16-17,26,33H,15H2,1-4H3/b27-25-. The van der Waals surface area contributed by atoms with Crippen LogP contribution in [0.2, 0.25) is 0 Å². The zero-order valence-corrected chi connectivity index (χ0v) is 21.1. The Labute approximate surface area is 215 Å². The van der Waals surface area contributed by atoms with Crippen LogP contribution in [0.1, 0.15) is 42.1 Å². The summed E-state index contributed by atoms with van der Waals surface area (Å²) in [6.45, 7) is 5.35. The molecule has 0 spiro atoms. The van der Waals surface area contributed by atoms with Gasteiger partial charge in [0.1, 0.15) is 11.5 Å². The van der Waals surface area contributed by atoms with Crippen LogP contribution in [0.15, 0.2) is 72.6 Å². The summed E-state index contributed by atoms with van der Waals surface area (Å²) in [5.74, 6) is -1.59. The molecule has 2 heterocycles. The molecule has 4 rings (SSSR count). The molecule has 1 fully saturated rings.